The van der Waals surface area contributed by atoms with Crippen molar-refractivity contribution in [2.24, 2.45) is 13.0 Å². The van der Waals surface area contributed by atoms with Crippen molar-refractivity contribution in [3.8, 4) is 0 Å². The first-order chi connectivity index (χ1) is 6.92. The van der Waals surface area contributed by atoms with Crippen LogP contribution >= 0.6 is 0 Å². The second kappa shape index (κ2) is 4.73. The smallest absolute Gasteiger partial charge is 0.265 e. The van der Waals surface area contributed by atoms with Crippen LogP contribution in [0.1, 0.15) is 13.8 Å². The van der Waals surface area contributed by atoms with E-state index in [9.17, 15) is 8.42 Å². The molecule has 1 N–H and O–H groups in total. The van der Waals surface area contributed by atoms with E-state index in [1.165, 1.54) is 17.1 Å². The van der Waals surface area contributed by atoms with Crippen molar-refractivity contribution in [2.75, 3.05) is 6.61 Å². The molecule has 86 valence electrons. The zero-order valence-electron chi connectivity index (χ0n) is 8.97. The molecule has 0 atom stereocenters. The van der Waals surface area contributed by atoms with E-state index in [0.29, 0.717) is 6.61 Å². The van der Waals surface area contributed by atoms with Gasteiger partial charge in [-0.15, -0.1) is 0 Å². The standard InChI is InChI=1S/C8H15N3O3S/c1-7(2)6-14-10-15(12,13)8-4-9-11(3)5-8/h4-5,7,10H,6H2,1-3H3. The van der Waals surface area contributed by atoms with Crippen molar-refractivity contribution in [1.82, 2.24) is 14.7 Å². The van der Waals surface area contributed by atoms with E-state index in [2.05, 4.69) is 5.10 Å². The Kier molecular flexibility index (Phi) is 3.83. The second-order valence-corrected chi connectivity index (χ2v) is 5.29. The fraction of sp³-hybridized carbons (Fsp3) is 0.625. The van der Waals surface area contributed by atoms with Gasteiger partial charge in [0.2, 0.25) is 0 Å². The van der Waals surface area contributed by atoms with Gasteiger partial charge in [0.05, 0.1) is 12.8 Å². The van der Waals surface area contributed by atoms with Gasteiger partial charge < -0.3 is 0 Å². The van der Waals surface area contributed by atoms with Crippen LogP contribution in [0.4, 0.5) is 0 Å². The van der Waals surface area contributed by atoms with Crippen LogP contribution in [0.2, 0.25) is 0 Å². The molecule has 0 radical (unpaired) electrons. The maximum Gasteiger partial charge on any atom is 0.265 e. The molecule has 0 aliphatic rings. The molecule has 0 spiro atoms. The Morgan fingerprint density at radius 3 is 2.73 bits per heavy atom. The van der Waals surface area contributed by atoms with E-state index in [1.54, 1.807) is 7.05 Å². The van der Waals surface area contributed by atoms with E-state index < -0.39 is 10.0 Å². The van der Waals surface area contributed by atoms with Crippen LogP contribution in [-0.4, -0.2) is 24.8 Å². The zero-order chi connectivity index (χ0) is 11.5. The van der Waals surface area contributed by atoms with Crippen molar-refractivity contribution < 1.29 is 13.3 Å². The topological polar surface area (TPSA) is 73.2 Å². The lowest BCUT2D eigenvalue weighted by molar-refractivity contribution is 0.0718. The predicted octanol–water partition coefficient (Wildman–Crippen LogP) is 0.286. The summed E-state index contributed by atoms with van der Waals surface area (Å²) in [5, 5.41) is 3.77. The highest BCUT2D eigenvalue weighted by Gasteiger charge is 2.15. The minimum atomic E-state index is -3.59. The van der Waals surface area contributed by atoms with E-state index in [4.69, 9.17) is 4.84 Å². The number of aryl methyl sites for hydroxylation is 1. The molecule has 1 heterocycles. The van der Waals surface area contributed by atoms with Crippen LogP contribution < -0.4 is 4.89 Å². The van der Waals surface area contributed by atoms with Crippen LogP contribution in [0, 0.1) is 5.92 Å². The molecule has 1 rings (SSSR count). The van der Waals surface area contributed by atoms with Crippen LogP contribution in [-0.2, 0) is 21.9 Å². The van der Waals surface area contributed by atoms with Gasteiger partial charge in [0, 0.05) is 13.2 Å². The zero-order valence-corrected chi connectivity index (χ0v) is 9.78. The quantitative estimate of drug-likeness (QED) is 0.742. The van der Waals surface area contributed by atoms with Crippen LogP contribution in [0.15, 0.2) is 17.3 Å². The van der Waals surface area contributed by atoms with Gasteiger partial charge in [0.25, 0.3) is 10.0 Å². The highest BCUT2D eigenvalue weighted by Crippen LogP contribution is 2.05. The SMILES string of the molecule is CC(C)CONS(=O)(=O)c1cnn(C)c1. The van der Waals surface area contributed by atoms with Crippen molar-refractivity contribution in [1.29, 1.82) is 0 Å². The summed E-state index contributed by atoms with van der Waals surface area (Å²) in [6.45, 7) is 4.19. The van der Waals surface area contributed by atoms with Crippen molar-refractivity contribution in [3.05, 3.63) is 12.4 Å². The van der Waals surface area contributed by atoms with Crippen LogP contribution in [0.3, 0.4) is 0 Å². The van der Waals surface area contributed by atoms with Crippen molar-refractivity contribution >= 4 is 10.0 Å². The number of hydrogen-bond donors (Lipinski definition) is 1. The number of rotatable bonds is 5. The lowest BCUT2D eigenvalue weighted by Crippen LogP contribution is -2.25. The van der Waals surface area contributed by atoms with Gasteiger partial charge in [-0.3, -0.25) is 9.52 Å². The predicted molar refractivity (Wildman–Crippen MR) is 54.3 cm³/mol. The third kappa shape index (κ3) is 3.61. The molecule has 0 aliphatic heterocycles. The Bertz CT molecular complexity index is 411. The van der Waals surface area contributed by atoms with E-state index in [1.807, 2.05) is 18.7 Å². The van der Waals surface area contributed by atoms with Crippen molar-refractivity contribution in [3.63, 3.8) is 0 Å². The van der Waals surface area contributed by atoms with E-state index in [0.717, 1.165) is 0 Å². The van der Waals surface area contributed by atoms with Gasteiger partial charge in [-0.1, -0.05) is 18.7 Å². The average molecular weight is 233 g/mol. The van der Waals surface area contributed by atoms with Gasteiger partial charge in [-0.25, -0.2) is 8.42 Å². The number of nitrogens with zero attached hydrogens (tertiary/aromatic N) is 2. The lowest BCUT2D eigenvalue weighted by Gasteiger charge is -2.06. The van der Waals surface area contributed by atoms with E-state index >= 15 is 0 Å². The molecule has 0 aromatic carbocycles. The summed E-state index contributed by atoms with van der Waals surface area (Å²) in [6, 6.07) is 0. The van der Waals surface area contributed by atoms with Crippen LogP contribution in [0.25, 0.3) is 0 Å². The molecule has 0 aliphatic carbocycles. The third-order valence-electron chi connectivity index (χ3n) is 1.58. The summed E-state index contributed by atoms with van der Waals surface area (Å²) < 4.78 is 24.5. The molecule has 1 aromatic heterocycles. The first-order valence-corrected chi connectivity index (χ1v) is 6.02. The monoisotopic (exact) mass is 233 g/mol. The first-order valence-electron chi connectivity index (χ1n) is 4.54. The average Bonchev–Trinajstić information content (AvgIpc) is 2.51. The van der Waals surface area contributed by atoms with Gasteiger partial charge >= 0.3 is 0 Å². The summed E-state index contributed by atoms with van der Waals surface area (Å²) in [6.07, 6.45) is 2.67. The Hall–Kier alpha value is -0.920. The van der Waals surface area contributed by atoms with E-state index in [-0.39, 0.29) is 10.8 Å². The molecule has 7 heteroatoms. The molecule has 0 bridgehead atoms. The maximum absolute atomic E-state index is 11.5. The number of sulfonamides is 1. The molecule has 0 saturated heterocycles. The number of nitrogens with one attached hydrogen (secondary N) is 1. The molecular weight excluding hydrogens is 218 g/mol. The van der Waals surface area contributed by atoms with Crippen LogP contribution in [0.5, 0.6) is 0 Å². The third-order valence-corrected chi connectivity index (χ3v) is 2.75. The molecular formula is C8H15N3O3S. The Morgan fingerprint density at radius 1 is 1.60 bits per heavy atom. The minimum Gasteiger partial charge on any atom is -0.287 e. The Balaban J connectivity index is 2.60. The first kappa shape index (κ1) is 12.2. The molecule has 1 aromatic rings. The lowest BCUT2D eigenvalue weighted by atomic mass is 10.2. The minimum absolute atomic E-state index is 0.0914. The molecule has 0 fully saturated rings. The fourth-order valence-electron chi connectivity index (χ4n) is 0.864. The number of hydrogen-bond acceptors (Lipinski definition) is 4. The molecule has 15 heavy (non-hydrogen) atoms. The molecule has 6 nitrogen and oxygen atoms in total. The van der Waals surface area contributed by atoms with Gasteiger partial charge in [-0.2, -0.15) is 5.10 Å². The van der Waals surface area contributed by atoms with Gasteiger partial charge in [0.15, 0.2) is 0 Å². The van der Waals surface area contributed by atoms with Gasteiger partial charge in [-0.05, 0) is 5.92 Å². The second-order valence-electron chi connectivity index (χ2n) is 3.64. The molecule has 0 unspecified atom stereocenters. The highest BCUT2D eigenvalue weighted by molar-refractivity contribution is 7.89. The Morgan fingerprint density at radius 2 is 2.27 bits per heavy atom. The normalized spacial score (nSPS) is 12.3. The summed E-state index contributed by atoms with van der Waals surface area (Å²) in [4.78, 5) is 6.98. The summed E-state index contributed by atoms with van der Waals surface area (Å²) in [7, 11) is -1.94. The fourth-order valence-corrected chi connectivity index (χ4v) is 1.66. The molecule has 0 amide bonds. The van der Waals surface area contributed by atoms with Gasteiger partial charge in [0.1, 0.15) is 4.90 Å². The maximum atomic E-state index is 11.5. The highest BCUT2D eigenvalue weighted by atomic mass is 32.2. The summed E-state index contributed by atoms with van der Waals surface area (Å²) in [5.41, 5.74) is 0. The summed E-state index contributed by atoms with van der Waals surface area (Å²) in [5.74, 6) is 0.265. The molecule has 0 saturated carbocycles. The largest absolute Gasteiger partial charge is 0.287 e. The number of aromatic nitrogens is 2. The Labute approximate surface area is 89.2 Å². The van der Waals surface area contributed by atoms with Crippen molar-refractivity contribution in [2.45, 2.75) is 18.7 Å². The summed E-state index contributed by atoms with van der Waals surface area (Å²) >= 11 is 0.